The Morgan fingerprint density at radius 3 is 2.41 bits per heavy atom. The second-order valence-corrected chi connectivity index (χ2v) is 4.38. The van der Waals surface area contributed by atoms with Crippen LogP contribution in [0.5, 0.6) is 0 Å². The number of hydrogen-bond donors (Lipinski definition) is 1. The topological polar surface area (TPSA) is 43.8 Å². The lowest BCUT2D eigenvalue weighted by Crippen LogP contribution is -2.34. The van der Waals surface area contributed by atoms with Crippen LogP contribution in [-0.4, -0.2) is 43.6 Å². The fourth-order valence-electron chi connectivity index (χ4n) is 1.62. The maximum atomic E-state index is 11.6. The minimum atomic E-state index is -0.539. The molecule has 1 rings (SSSR count). The normalized spacial score (nSPS) is 12.1. The van der Waals surface area contributed by atoms with Crippen LogP contribution in [0.4, 0.5) is 5.69 Å². The van der Waals surface area contributed by atoms with Crippen molar-refractivity contribution < 1.29 is 9.90 Å². The molecular formula is C13H20N2O2. The average Bonchev–Trinajstić information content (AvgIpc) is 2.28. The molecular weight excluding hydrogens is 216 g/mol. The number of amides is 1. The van der Waals surface area contributed by atoms with Crippen LogP contribution in [0.2, 0.25) is 0 Å². The number of para-hydroxylation sites is 1. The predicted molar refractivity (Wildman–Crippen MR) is 69.0 cm³/mol. The van der Waals surface area contributed by atoms with E-state index in [1.807, 2.05) is 36.2 Å². The Labute approximate surface area is 102 Å². The molecule has 1 aromatic carbocycles. The number of carbonyl (C=O) groups excluding carboxylic acids is 1. The molecule has 0 heterocycles. The number of aliphatic hydroxyl groups is 1. The largest absolute Gasteiger partial charge is 0.389 e. The first-order valence-electron chi connectivity index (χ1n) is 5.61. The van der Waals surface area contributed by atoms with Crippen LogP contribution in [0.25, 0.3) is 0 Å². The Kier molecular flexibility index (Phi) is 4.52. The molecule has 0 saturated heterocycles. The molecule has 0 saturated carbocycles. The molecule has 0 aliphatic carbocycles. The Morgan fingerprint density at radius 2 is 1.88 bits per heavy atom. The lowest BCUT2D eigenvalue weighted by Gasteiger charge is -2.24. The highest BCUT2D eigenvalue weighted by Gasteiger charge is 2.14. The summed E-state index contributed by atoms with van der Waals surface area (Å²) < 4.78 is 0. The van der Waals surface area contributed by atoms with Gasteiger partial charge in [0.15, 0.2) is 0 Å². The van der Waals surface area contributed by atoms with Crippen LogP contribution in [-0.2, 0) is 4.79 Å². The van der Waals surface area contributed by atoms with E-state index in [9.17, 15) is 9.90 Å². The number of anilines is 1. The van der Waals surface area contributed by atoms with E-state index < -0.39 is 6.10 Å². The van der Waals surface area contributed by atoms with Gasteiger partial charge in [-0.1, -0.05) is 18.2 Å². The van der Waals surface area contributed by atoms with Crippen LogP contribution < -0.4 is 4.90 Å². The van der Waals surface area contributed by atoms with Crippen molar-refractivity contribution >= 4 is 11.6 Å². The van der Waals surface area contributed by atoms with E-state index in [4.69, 9.17) is 0 Å². The second kappa shape index (κ2) is 5.68. The Morgan fingerprint density at radius 1 is 1.29 bits per heavy atom. The third kappa shape index (κ3) is 3.46. The van der Waals surface area contributed by atoms with E-state index in [0.717, 1.165) is 11.3 Å². The number of carbonyl (C=O) groups is 1. The van der Waals surface area contributed by atoms with Gasteiger partial charge in [0, 0.05) is 32.4 Å². The lowest BCUT2D eigenvalue weighted by atomic mass is 10.1. The Balaban J connectivity index is 2.88. The number of hydrogen-bond acceptors (Lipinski definition) is 3. The van der Waals surface area contributed by atoms with Crippen molar-refractivity contribution in [1.82, 2.24) is 4.90 Å². The van der Waals surface area contributed by atoms with Gasteiger partial charge >= 0.3 is 0 Å². The summed E-state index contributed by atoms with van der Waals surface area (Å²) in [6.07, 6.45) is -0.539. The third-order valence-electron chi connectivity index (χ3n) is 2.67. The van der Waals surface area contributed by atoms with Crippen molar-refractivity contribution in [3.8, 4) is 0 Å². The van der Waals surface area contributed by atoms with E-state index in [1.54, 1.807) is 25.9 Å². The molecule has 17 heavy (non-hydrogen) atoms. The van der Waals surface area contributed by atoms with Crippen molar-refractivity contribution in [2.75, 3.05) is 32.6 Å². The molecule has 4 heteroatoms. The van der Waals surface area contributed by atoms with Gasteiger partial charge in [0.25, 0.3) is 0 Å². The summed E-state index contributed by atoms with van der Waals surface area (Å²) >= 11 is 0. The van der Waals surface area contributed by atoms with Gasteiger partial charge < -0.3 is 14.9 Å². The van der Waals surface area contributed by atoms with Crippen LogP contribution >= 0.6 is 0 Å². The number of benzene rings is 1. The highest BCUT2D eigenvalue weighted by atomic mass is 16.3. The van der Waals surface area contributed by atoms with E-state index in [0.29, 0.717) is 6.54 Å². The zero-order chi connectivity index (χ0) is 13.0. The van der Waals surface area contributed by atoms with Crippen molar-refractivity contribution in [2.45, 2.75) is 13.0 Å². The summed E-state index contributed by atoms with van der Waals surface area (Å²) in [6, 6.07) is 7.56. The average molecular weight is 236 g/mol. The first-order chi connectivity index (χ1) is 7.93. The summed E-state index contributed by atoms with van der Waals surface area (Å²) in [5, 5.41) is 9.67. The first kappa shape index (κ1) is 13.5. The number of nitrogens with zero attached hydrogens (tertiary/aromatic N) is 2. The molecule has 0 fully saturated rings. The molecule has 1 N–H and O–H groups in total. The molecule has 1 atom stereocenters. The van der Waals surface area contributed by atoms with Gasteiger partial charge in [-0.15, -0.1) is 0 Å². The van der Waals surface area contributed by atoms with Crippen LogP contribution in [0, 0.1) is 0 Å². The van der Waals surface area contributed by atoms with Crippen molar-refractivity contribution in [1.29, 1.82) is 0 Å². The zero-order valence-electron chi connectivity index (χ0n) is 10.8. The number of rotatable bonds is 4. The fraction of sp³-hybridized carbons (Fsp3) is 0.462. The smallest absolute Gasteiger partial charge is 0.241 e. The minimum Gasteiger partial charge on any atom is -0.389 e. The maximum absolute atomic E-state index is 11.6. The van der Waals surface area contributed by atoms with Gasteiger partial charge in [-0.2, -0.15) is 0 Å². The quantitative estimate of drug-likeness (QED) is 0.856. The molecule has 1 aromatic rings. The van der Waals surface area contributed by atoms with Crippen molar-refractivity contribution in [3.05, 3.63) is 29.8 Å². The molecule has 0 radical (unpaired) electrons. The molecule has 4 nitrogen and oxygen atoms in total. The van der Waals surface area contributed by atoms with Gasteiger partial charge in [-0.3, -0.25) is 4.79 Å². The van der Waals surface area contributed by atoms with Gasteiger partial charge in [-0.25, -0.2) is 0 Å². The summed E-state index contributed by atoms with van der Waals surface area (Å²) in [7, 11) is 5.32. The van der Waals surface area contributed by atoms with Crippen LogP contribution in [0.3, 0.4) is 0 Å². The maximum Gasteiger partial charge on any atom is 0.241 e. The summed E-state index contributed by atoms with van der Waals surface area (Å²) in [5.74, 6) is 0.0351. The molecule has 0 spiro atoms. The Hall–Kier alpha value is -1.55. The third-order valence-corrected chi connectivity index (χ3v) is 2.67. The Bertz CT molecular complexity index is 389. The molecule has 0 aromatic heterocycles. The monoisotopic (exact) mass is 236 g/mol. The SMILES string of the molecule is C[C@@H](O)c1ccccc1N(C)CC(=O)N(C)C. The molecule has 0 unspecified atom stereocenters. The van der Waals surface area contributed by atoms with Gasteiger partial charge in [0.2, 0.25) is 5.91 Å². The van der Waals surface area contributed by atoms with Gasteiger partial charge in [0.1, 0.15) is 0 Å². The molecule has 94 valence electrons. The number of aliphatic hydroxyl groups excluding tert-OH is 1. The fourth-order valence-corrected chi connectivity index (χ4v) is 1.62. The molecule has 0 aliphatic heterocycles. The van der Waals surface area contributed by atoms with Gasteiger partial charge in [0.05, 0.1) is 12.6 Å². The van der Waals surface area contributed by atoms with E-state index in [2.05, 4.69) is 0 Å². The second-order valence-electron chi connectivity index (χ2n) is 4.38. The predicted octanol–water partition coefficient (Wildman–Crippen LogP) is 1.26. The van der Waals surface area contributed by atoms with E-state index in [1.165, 1.54) is 0 Å². The summed E-state index contributed by atoms with van der Waals surface area (Å²) in [5.41, 5.74) is 1.72. The standard InChI is InChI=1S/C13H20N2O2/c1-10(16)11-7-5-6-8-12(11)15(4)9-13(17)14(2)3/h5-8,10,16H,9H2,1-4H3/t10-/m1/s1. The summed E-state index contributed by atoms with van der Waals surface area (Å²) in [6.45, 7) is 2.02. The van der Waals surface area contributed by atoms with Crippen LogP contribution in [0.15, 0.2) is 24.3 Å². The van der Waals surface area contributed by atoms with Crippen LogP contribution in [0.1, 0.15) is 18.6 Å². The summed E-state index contributed by atoms with van der Waals surface area (Å²) in [4.78, 5) is 15.0. The van der Waals surface area contributed by atoms with E-state index in [-0.39, 0.29) is 5.91 Å². The van der Waals surface area contributed by atoms with Crippen molar-refractivity contribution in [2.24, 2.45) is 0 Å². The highest BCUT2D eigenvalue weighted by Crippen LogP contribution is 2.24. The van der Waals surface area contributed by atoms with Crippen molar-refractivity contribution in [3.63, 3.8) is 0 Å². The lowest BCUT2D eigenvalue weighted by molar-refractivity contribution is -0.127. The first-order valence-corrected chi connectivity index (χ1v) is 5.61. The van der Waals surface area contributed by atoms with E-state index >= 15 is 0 Å². The molecule has 0 aliphatic rings. The number of likely N-dealkylation sites (N-methyl/N-ethyl adjacent to an activating group) is 2. The highest BCUT2D eigenvalue weighted by molar-refractivity contribution is 5.81. The molecule has 1 amide bonds. The van der Waals surface area contributed by atoms with Gasteiger partial charge in [-0.05, 0) is 13.0 Å². The minimum absolute atomic E-state index is 0.0351. The molecule has 0 bridgehead atoms. The zero-order valence-corrected chi connectivity index (χ0v) is 10.8.